The van der Waals surface area contributed by atoms with Crippen LogP contribution >= 0.6 is 15.9 Å². The summed E-state index contributed by atoms with van der Waals surface area (Å²) in [5.74, 6) is 0. The van der Waals surface area contributed by atoms with Gasteiger partial charge in [-0.15, -0.1) is 0 Å². The second kappa shape index (κ2) is 5.96. The third-order valence-corrected chi connectivity index (χ3v) is 3.90. The SMILES string of the molecule is OCC1CCCN1CC(O)c1ccc(Br)cc1. The first-order chi connectivity index (χ1) is 8.20. The molecule has 1 aliphatic rings. The quantitative estimate of drug-likeness (QED) is 0.893. The molecular weight excluding hydrogens is 282 g/mol. The van der Waals surface area contributed by atoms with Crippen molar-refractivity contribution in [3.8, 4) is 0 Å². The molecule has 1 aromatic carbocycles. The lowest BCUT2D eigenvalue weighted by atomic mass is 10.1. The largest absolute Gasteiger partial charge is 0.395 e. The molecule has 0 aromatic heterocycles. The molecule has 3 nitrogen and oxygen atoms in total. The second-order valence-corrected chi connectivity index (χ2v) is 5.46. The van der Waals surface area contributed by atoms with E-state index in [0.717, 1.165) is 29.4 Å². The molecule has 17 heavy (non-hydrogen) atoms. The van der Waals surface area contributed by atoms with Crippen LogP contribution in [0.5, 0.6) is 0 Å². The van der Waals surface area contributed by atoms with Gasteiger partial charge in [0.1, 0.15) is 0 Å². The van der Waals surface area contributed by atoms with E-state index in [4.69, 9.17) is 0 Å². The van der Waals surface area contributed by atoms with Crippen LogP contribution in [0.3, 0.4) is 0 Å². The third-order valence-electron chi connectivity index (χ3n) is 3.37. The molecule has 0 aliphatic carbocycles. The van der Waals surface area contributed by atoms with Crippen molar-refractivity contribution in [3.63, 3.8) is 0 Å². The van der Waals surface area contributed by atoms with Gasteiger partial charge in [-0.2, -0.15) is 0 Å². The van der Waals surface area contributed by atoms with Crippen LogP contribution in [0.2, 0.25) is 0 Å². The molecule has 2 atom stereocenters. The average Bonchev–Trinajstić information content (AvgIpc) is 2.77. The van der Waals surface area contributed by atoms with Gasteiger partial charge in [0.15, 0.2) is 0 Å². The van der Waals surface area contributed by atoms with Gasteiger partial charge in [0.25, 0.3) is 0 Å². The first kappa shape index (κ1) is 13.0. The summed E-state index contributed by atoms with van der Waals surface area (Å²) in [6.07, 6.45) is 1.66. The van der Waals surface area contributed by atoms with Gasteiger partial charge in [0, 0.05) is 17.1 Å². The number of likely N-dealkylation sites (tertiary alicyclic amines) is 1. The standard InChI is InChI=1S/C13H18BrNO2/c14-11-5-3-10(4-6-11)13(17)8-15-7-1-2-12(15)9-16/h3-6,12-13,16-17H,1-2,7-9H2. The summed E-state index contributed by atoms with van der Waals surface area (Å²) < 4.78 is 1.02. The van der Waals surface area contributed by atoms with Crippen molar-refractivity contribution in [1.82, 2.24) is 4.90 Å². The second-order valence-electron chi connectivity index (χ2n) is 4.54. The van der Waals surface area contributed by atoms with E-state index in [0.29, 0.717) is 6.54 Å². The molecule has 2 unspecified atom stereocenters. The van der Waals surface area contributed by atoms with Crippen LogP contribution in [0.4, 0.5) is 0 Å². The minimum Gasteiger partial charge on any atom is -0.395 e. The van der Waals surface area contributed by atoms with E-state index in [1.807, 2.05) is 24.3 Å². The molecule has 1 aromatic rings. The summed E-state index contributed by atoms with van der Waals surface area (Å²) in [4.78, 5) is 2.17. The molecule has 0 saturated carbocycles. The van der Waals surface area contributed by atoms with Gasteiger partial charge < -0.3 is 10.2 Å². The molecule has 1 aliphatic heterocycles. The number of β-amino-alcohol motifs (C(OH)–C–C–N with tert-alkyl or cyclic N) is 1. The van der Waals surface area contributed by atoms with Crippen LogP contribution < -0.4 is 0 Å². The highest BCUT2D eigenvalue weighted by Gasteiger charge is 2.25. The fraction of sp³-hybridized carbons (Fsp3) is 0.538. The molecule has 2 N–H and O–H groups in total. The van der Waals surface area contributed by atoms with Gasteiger partial charge in [0.05, 0.1) is 12.7 Å². The van der Waals surface area contributed by atoms with E-state index in [1.54, 1.807) is 0 Å². The first-order valence-corrected chi connectivity index (χ1v) is 6.78. The van der Waals surface area contributed by atoms with Gasteiger partial charge in [-0.25, -0.2) is 0 Å². The molecule has 94 valence electrons. The molecule has 4 heteroatoms. The van der Waals surface area contributed by atoms with E-state index in [2.05, 4.69) is 20.8 Å². The summed E-state index contributed by atoms with van der Waals surface area (Å²) in [5.41, 5.74) is 0.928. The van der Waals surface area contributed by atoms with Crippen LogP contribution in [-0.2, 0) is 0 Å². The van der Waals surface area contributed by atoms with Gasteiger partial charge >= 0.3 is 0 Å². The molecule has 0 amide bonds. The van der Waals surface area contributed by atoms with E-state index in [1.165, 1.54) is 0 Å². The Kier molecular flexibility index (Phi) is 4.56. The number of hydrogen-bond acceptors (Lipinski definition) is 3. The molecule has 0 spiro atoms. The van der Waals surface area contributed by atoms with Gasteiger partial charge in [0.2, 0.25) is 0 Å². The lowest BCUT2D eigenvalue weighted by Gasteiger charge is -2.25. The molecular formula is C13H18BrNO2. The molecule has 2 rings (SSSR count). The predicted molar refractivity (Wildman–Crippen MR) is 70.8 cm³/mol. The average molecular weight is 300 g/mol. The van der Waals surface area contributed by atoms with Crippen LogP contribution in [0.25, 0.3) is 0 Å². The molecule has 0 bridgehead atoms. The van der Waals surface area contributed by atoms with Gasteiger partial charge in [-0.05, 0) is 37.1 Å². The summed E-state index contributed by atoms with van der Waals surface area (Å²) in [5, 5.41) is 19.4. The number of nitrogens with zero attached hydrogens (tertiary/aromatic N) is 1. The Morgan fingerprint density at radius 3 is 2.71 bits per heavy atom. The lowest BCUT2D eigenvalue weighted by molar-refractivity contribution is 0.0850. The Morgan fingerprint density at radius 2 is 2.06 bits per heavy atom. The Bertz CT molecular complexity index is 355. The minimum absolute atomic E-state index is 0.188. The van der Waals surface area contributed by atoms with Crippen molar-refractivity contribution in [1.29, 1.82) is 0 Å². The monoisotopic (exact) mass is 299 g/mol. The summed E-state index contributed by atoms with van der Waals surface area (Å²) in [6.45, 7) is 1.76. The van der Waals surface area contributed by atoms with Crippen LogP contribution in [0.15, 0.2) is 28.7 Å². The summed E-state index contributed by atoms with van der Waals surface area (Å²) in [7, 11) is 0. The van der Waals surface area contributed by atoms with E-state index >= 15 is 0 Å². The number of halogens is 1. The van der Waals surface area contributed by atoms with Crippen molar-refractivity contribution in [2.75, 3.05) is 19.7 Å². The van der Waals surface area contributed by atoms with Crippen LogP contribution in [0.1, 0.15) is 24.5 Å². The zero-order valence-corrected chi connectivity index (χ0v) is 11.3. The Balaban J connectivity index is 1.96. The topological polar surface area (TPSA) is 43.7 Å². The maximum absolute atomic E-state index is 10.1. The maximum Gasteiger partial charge on any atom is 0.0917 e. The zero-order valence-electron chi connectivity index (χ0n) is 9.72. The van der Waals surface area contributed by atoms with Crippen molar-refractivity contribution < 1.29 is 10.2 Å². The lowest BCUT2D eigenvalue weighted by Crippen LogP contribution is -2.35. The van der Waals surface area contributed by atoms with Crippen molar-refractivity contribution in [2.45, 2.75) is 25.0 Å². The number of rotatable bonds is 4. The number of benzene rings is 1. The summed E-state index contributed by atoms with van der Waals surface area (Å²) >= 11 is 3.38. The Morgan fingerprint density at radius 1 is 1.35 bits per heavy atom. The zero-order chi connectivity index (χ0) is 12.3. The number of aliphatic hydroxyl groups excluding tert-OH is 2. The maximum atomic E-state index is 10.1. The highest BCUT2D eigenvalue weighted by molar-refractivity contribution is 9.10. The van der Waals surface area contributed by atoms with Crippen LogP contribution in [0, 0.1) is 0 Å². The molecule has 1 saturated heterocycles. The van der Waals surface area contributed by atoms with E-state index < -0.39 is 6.10 Å². The third kappa shape index (κ3) is 3.28. The smallest absolute Gasteiger partial charge is 0.0917 e. The highest BCUT2D eigenvalue weighted by atomic mass is 79.9. The van der Waals surface area contributed by atoms with E-state index in [9.17, 15) is 10.2 Å². The minimum atomic E-state index is -0.477. The van der Waals surface area contributed by atoms with Gasteiger partial charge in [-0.1, -0.05) is 28.1 Å². The van der Waals surface area contributed by atoms with Crippen LogP contribution in [-0.4, -0.2) is 40.9 Å². The fourth-order valence-corrected chi connectivity index (χ4v) is 2.62. The molecule has 1 fully saturated rings. The molecule has 1 heterocycles. The first-order valence-electron chi connectivity index (χ1n) is 5.99. The number of hydrogen-bond donors (Lipinski definition) is 2. The fourth-order valence-electron chi connectivity index (χ4n) is 2.35. The van der Waals surface area contributed by atoms with Crippen molar-refractivity contribution >= 4 is 15.9 Å². The van der Waals surface area contributed by atoms with Crippen molar-refractivity contribution in [3.05, 3.63) is 34.3 Å². The predicted octanol–water partition coefficient (Wildman–Crippen LogP) is 1.94. The highest BCUT2D eigenvalue weighted by Crippen LogP contribution is 2.22. The normalized spacial score (nSPS) is 22.9. The van der Waals surface area contributed by atoms with Crippen molar-refractivity contribution in [2.24, 2.45) is 0 Å². The van der Waals surface area contributed by atoms with E-state index in [-0.39, 0.29) is 12.6 Å². The summed E-state index contributed by atoms with van der Waals surface area (Å²) in [6, 6.07) is 7.95. The van der Waals surface area contributed by atoms with Gasteiger partial charge in [-0.3, -0.25) is 4.90 Å². The Labute approximate surface area is 110 Å². The number of aliphatic hydroxyl groups is 2. The Hall–Kier alpha value is -0.420. The molecule has 0 radical (unpaired) electrons.